The minimum absolute atomic E-state index is 0.0660. The van der Waals surface area contributed by atoms with Crippen molar-refractivity contribution >= 4 is 23.6 Å². The smallest absolute Gasteiger partial charge is 0.316 e. The monoisotopic (exact) mass is 189 g/mol. The Morgan fingerprint density at radius 2 is 2.00 bits per heavy atom. The molecule has 1 heterocycles. The molecule has 0 aromatic heterocycles. The molecule has 68 valence electrons. The van der Waals surface area contributed by atoms with Crippen LogP contribution in [0.2, 0.25) is 0 Å². The summed E-state index contributed by atoms with van der Waals surface area (Å²) in [5.74, 6) is -0.879. The van der Waals surface area contributed by atoms with Crippen LogP contribution in [0, 0.1) is 0 Å². The fourth-order valence-electron chi connectivity index (χ4n) is 1.17. The van der Waals surface area contributed by atoms with Gasteiger partial charge in [0.25, 0.3) is 0 Å². The Balaban J connectivity index is 2.45. The van der Waals surface area contributed by atoms with Gasteiger partial charge in [-0.05, 0) is 12.8 Å². The van der Waals surface area contributed by atoms with Crippen LogP contribution in [0.3, 0.4) is 0 Å². The van der Waals surface area contributed by atoms with Crippen molar-refractivity contribution in [2.75, 3.05) is 7.05 Å². The van der Waals surface area contributed by atoms with Gasteiger partial charge in [-0.3, -0.25) is 9.59 Å². The SMILES string of the molecule is CNC(=O)[C@@H]1CC[C@@H](C(=O)O)S1. The van der Waals surface area contributed by atoms with E-state index in [1.165, 1.54) is 11.8 Å². The summed E-state index contributed by atoms with van der Waals surface area (Å²) in [4.78, 5) is 21.6. The van der Waals surface area contributed by atoms with Gasteiger partial charge in [0.05, 0.1) is 5.25 Å². The van der Waals surface area contributed by atoms with E-state index in [1.54, 1.807) is 7.05 Å². The fourth-order valence-corrected chi connectivity index (χ4v) is 2.47. The Hall–Kier alpha value is -0.710. The number of carboxylic acid groups (broad SMARTS) is 1. The number of rotatable bonds is 2. The Kier molecular flexibility index (Phi) is 2.97. The van der Waals surface area contributed by atoms with E-state index in [0.29, 0.717) is 12.8 Å². The third kappa shape index (κ3) is 1.91. The van der Waals surface area contributed by atoms with Gasteiger partial charge in [0.1, 0.15) is 5.25 Å². The van der Waals surface area contributed by atoms with Crippen molar-refractivity contribution in [2.45, 2.75) is 23.3 Å². The van der Waals surface area contributed by atoms with Crippen molar-refractivity contribution in [3.8, 4) is 0 Å². The Morgan fingerprint density at radius 3 is 2.42 bits per heavy atom. The second kappa shape index (κ2) is 3.80. The molecule has 1 amide bonds. The van der Waals surface area contributed by atoms with E-state index in [9.17, 15) is 9.59 Å². The van der Waals surface area contributed by atoms with Crippen molar-refractivity contribution in [1.82, 2.24) is 5.32 Å². The summed E-state index contributed by atoms with van der Waals surface area (Å²) in [5.41, 5.74) is 0. The average Bonchev–Trinajstić information content (AvgIpc) is 2.51. The van der Waals surface area contributed by atoms with Gasteiger partial charge in [0.15, 0.2) is 0 Å². The second-order valence-electron chi connectivity index (χ2n) is 2.64. The van der Waals surface area contributed by atoms with Crippen molar-refractivity contribution in [2.24, 2.45) is 0 Å². The lowest BCUT2D eigenvalue weighted by Gasteiger charge is -2.06. The Bertz CT molecular complexity index is 207. The molecule has 0 radical (unpaired) electrons. The molecule has 1 fully saturated rings. The highest BCUT2D eigenvalue weighted by Gasteiger charge is 2.33. The second-order valence-corrected chi connectivity index (χ2v) is 4.05. The van der Waals surface area contributed by atoms with Crippen LogP contribution in [0.5, 0.6) is 0 Å². The third-order valence-corrected chi connectivity index (χ3v) is 3.38. The van der Waals surface area contributed by atoms with Crippen LogP contribution in [0.25, 0.3) is 0 Å². The maximum Gasteiger partial charge on any atom is 0.316 e. The van der Waals surface area contributed by atoms with Gasteiger partial charge in [-0.2, -0.15) is 0 Å². The summed E-state index contributed by atoms with van der Waals surface area (Å²) < 4.78 is 0. The lowest BCUT2D eigenvalue weighted by atomic mass is 10.2. The molecule has 4 nitrogen and oxygen atoms in total. The first kappa shape index (κ1) is 9.38. The molecule has 12 heavy (non-hydrogen) atoms. The predicted octanol–water partition coefficient (Wildman–Crippen LogP) is 0.0812. The van der Waals surface area contributed by atoms with Crippen LogP contribution in [0.4, 0.5) is 0 Å². The van der Waals surface area contributed by atoms with Gasteiger partial charge in [-0.15, -0.1) is 11.8 Å². The molecule has 0 unspecified atom stereocenters. The molecule has 0 bridgehead atoms. The number of aliphatic carboxylic acids is 1. The molecule has 1 aliphatic heterocycles. The quantitative estimate of drug-likeness (QED) is 0.645. The first-order valence-corrected chi connectivity index (χ1v) is 4.69. The molecular weight excluding hydrogens is 178 g/mol. The summed E-state index contributed by atoms with van der Waals surface area (Å²) in [6, 6.07) is 0. The zero-order chi connectivity index (χ0) is 9.14. The van der Waals surface area contributed by atoms with Crippen LogP contribution in [0.15, 0.2) is 0 Å². The van der Waals surface area contributed by atoms with Crippen LogP contribution in [-0.2, 0) is 9.59 Å². The first-order valence-electron chi connectivity index (χ1n) is 3.75. The van der Waals surface area contributed by atoms with E-state index in [-0.39, 0.29) is 11.2 Å². The van der Waals surface area contributed by atoms with Gasteiger partial charge < -0.3 is 10.4 Å². The molecule has 1 aliphatic rings. The third-order valence-electron chi connectivity index (χ3n) is 1.83. The van der Waals surface area contributed by atoms with E-state index in [2.05, 4.69) is 5.32 Å². The van der Waals surface area contributed by atoms with E-state index in [1.807, 2.05) is 0 Å². The number of nitrogens with one attached hydrogen (secondary N) is 1. The van der Waals surface area contributed by atoms with Gasteiger partial charge in [-0.25, -0.2) is 0 Å². The number of carboxylic acids is 1. The van der Waals surface area contributed by atoms with Crippen molar-refractivity contribution in [3.05, 3.63) is 0 Å². The number of amides is 1. The summed E-state index contributed by atoms with van der Waals surface area (Å²) in [6.07, 6.45) is 1.26. The molecular formula is C7H11NO3S. The maximum absolute atomic E-state index is 11.1. The van der Waals surface area contributed by atoms with Gasteiger partial charge in [0, 0.05) is 7.05 Å². The molecule has 2 N–H and O–H groups in total. The van der Waals surface area contributed by atoms with Crippen LogP contribution in [-0.4, -0.2) is 34.5 Å². The normalized spacial score (nSPS) is 28.4. The number of carbonyl (C=O) groups is 2. The average molecular weight is 189 g/mol. The minimum Gasteiger partial charge on any atom is -0.480 e. The highest BCUT2D eigenvalue weighted by atomic mass is 32.2. The molecule has 0 spiro atoms. The standard InChI is InChI=1S/C7H11NO3S/c1-8-6(9)4-2-3-5(12-4)7(10)11/h4-5H,2-3H2,1H3,(H,8,9)(H,10,11)/t4-,5-/m0/s1. The predicted molar refractivity (Wildman–Crippen MR) is 46.1 cm³/mol. The topological polar surface area (TPSA) is 66.4 Å². The van der Waals surface area contributed by atoms with Crippen molar-refractivity contribution < 1.29 is 14.7 Å². The van der Waals surface area contributed by atoms with E-state index in [4.69, 9.17) is 5.11 Å². The van der Waals surface area contributed by atoms with Gasteiger partial charge >= 0.3 is 5.97 Å². The van der Waals surface area contributed by atoms with Crippen LogP contribution in [0.1, 0.15) is 12.8 Å². The highest BCUT2D eigenvalue weighted by Crippen LogP contribution is 2.33. The molecule has 1 saturated heterocycles. The zero-order valence-corrected chi connectivity index (χ0v) is 7.56. The number of carbonyl (C=O) groups excluding carboxylic acids is 1. The lowest BCUT2D eigenvalue weighted by molar-refractivity contribution is -0.136. The molecule has 0 aromatic rings. The van der Waals surface area contributed by atoms with E-state index >= 15 is 0 Å². The zero-order valence-electron chi connectivity index (χ0n) is 6.74. The lowest BCUT2D eigenvalue weighted by Crippen LogP contribution is -2.28. The Labute approximate surface area is 74.7 Å². The summed E-state index contributed by atoms with van der Waals surface area (Å²) in [7, 11) is 1.57. The number of hydrogen-bond donors (Lipinski definition) is 2. The van der Waals surface area contributed by atoms with E-state index < -0.39 is 11.2 Å². The van der Waals surface area contributed by atoms with Crippen molar-refractivity contribution in [1.29, 1.82) is 0 Å². The van der Waals surface area contributed by atoms with Crippen LogP contribution < -0.4 is 5.32 Å². The first-order chi connectivity index (χ1) is 5.65. The van der Waals surface area contributed by atoms with E-state index in [0.717, 1.165) is 0 Å². The molecule has 2 atom stereocenters. The number of hydrogen-bond acceptors (Lipinski definition) is 3. The van der Waals surface area contributed by atoms with Gasteiger partial charge in [0.2, 0.25) is 5.91 Å². The fraction of sp³-hybridized carbons (Fsp3) is 0.714. The molecule has 5 heteroatoms. The molecule has 0 aromatic carbocycles. The van der Waals surface area contributed by atoms with Crippen molar-refractivity contribution in [3.63, 3.8) is 0 Å². The summed E-state index contributed by atoms with van der Waals surface area (Å²) >= 11 is 1.24. The largest absolute Gasteiger partial charge is 0.480 e. The highest BCUT2D eigenvalue weighted by molar-refractivity contribution is 8.02. The molecule has 1 rings (SSSR count). The molecule has 0 saturated carbocycles. The molecule has 0 aliphatic carbocycles. The minimum atomic E-state index is -0.814. The summed E-state index contributed by atoms with van der Waals surface area (Å²) in [6.45, 7) is 0. The number of thioether (sulfide) groups is 1. The summed E-state index contributed by atoms with van der Waals surface area (Å²) in [5, 5.41) is 10.6. The van der Waals surface area contributed by atoms with Crippen LogP contribution >= 0.6 is 11.8 Å². The van der Waals surface area contributed by atoms with Gasteiger partial charge in [-0.1, -0.05) is 0 Å². The Morgan fingerprint density at radius 1 is 1.42 bits per heavy atom. The maximum atomic E-state index is 11.1.